The number of hydrogen-bond acceptors (Lipinski definition) is 3. The third-order valence-corrected chi connectivity index (χ3v) is 3.53. The number of aromatic carboxylic acids is 1. The predicted octanol–water partition coefficient (Wildman–Crippen LogP) is 1.24. The highest BCUT2D eigenvalue weighted by Gasteiger charge is 2.30. The van der Waals surface area contributed by atoms with E-state index in [2.05, 4.69) is 18.9 Å². The average Bonchev–Trinajstić information content (AvgIpc) is 2.68. The number of aryl methyl sites for hydroxylation is 1. The highest BCUT2D eigenvalue weighted by molar-refractivity contribution is 6.03. The monoisotopic (exact) mass is 265 g/mol. The minimum absolute atomic E-state index is 0.0455. The molecule has 0 spiro atoms. The maximum atomic E-state index is 12.4. The van der Waals surface area contributed by atoms with E-state index in [9.17, 15) is 9.59 Å². The molecule has 1 saturated heterocycles. The number of amides is 1. The minimum atomic E-state index is -1.12. The van der Waals surface area contributed by atoms with Crippen LogP contribution < -0.4 is 0 Å². The van der Waals surface area contributed by atoms with Gasteiger partial charge in [0, 0.05) is 20.1 Å². The van der Waals surface area contributed by atoms with Crippen molar-refractivity contribution in [2.45, 2.75) is 20.3 Å². The van der Waals surface area contributed by atoms with Crippen LogP contribution in [-0.4, -0.2) is 44.8 Å². The van der Waals surface area contributed by atoms with Crippen LogP contribution in [0.1, 0.15) is 41.1 Å². The van der Waals surface area contributed by atoms with Gasteiger partial charge in [-0.2, -0.15) is 5.10 Å². The van der Waals surface area contributed by atoms with E-state index in [1.807, 2.05) is 0 Å². The average molecular weight is 265 g/mol. The highest BCUT2D eigenvalue weighted by atomic mass is 16.4. The van der Waals surface area contributed by atoms with E-state index in [-0.39, 0.29) is 17.2 Å². The van der Waals surface area contributed by atoms with Crippen LogP contribution >= 0.6 is 0 Å². The number of carboxylic acids is 1. The van der Waals surface area contributed by atoms with E-state index < -0.39 is 5.97 Å². The number of rotatable bonds is 2. The zero-order valence-corrected chi connectivity index (χ0v) is 11.5. The number of hydrogen-bond donors (Lipinski definition) is 1. The summed E-state index contributed by atoms with van der Waals surface area (Å²) in [6.07, 6.45) is 2.44. The standard InChI is InChI=1S/C13H19N3O3/c1-8-4-9(2)7-16(6-8)12(17)10-5-14-15(3)11(10)13(18)19/h5,8-9H,4,6-7H2,1-3H3,(H,18,19). The van der Waals surface area contributed by atoms with Gasteiger partial charge in [0.1, 0.15) is 0 Å². The van der Waals surface area contributed by atoms with Crippen molar-refractivity contribution in [3.05, 3.63) is 17.5 Å². The lowest BCUT2D eigenvalue weighted by atomic mass is 9.91. The van der Waals surface area contributed by atoms with E-state index in [0.717, 1.165) is 6.42 Å². The predicted molar refractivity (Wildman–Crippen MR) is 69.0 cm³/mol. The van der Waals surface area contributed by atoms with Crippen molar-refractivity contribution in [3.63, 3.8) is 0 Å². The molecule has 2 unspecified atom stereocenters. The van der Waals surface area contributed by atoms with Crippen LogP contribution in [0.15, 0.2) is 6.20 Å². The van der Waals surface area contributed by atoms with Gasteiger partial charge in [0.05, 0.1) is 11.8 Å². The molecule has 1 N–H and O–H groups in total. The first-order valence-electron chi connectivity index (χ1n) is 6.44. The molecular weight excluding hydrogens is 246 g/mol. The summed E-state index contributed by atoms with van der Waals surface area (Å²) in [5.74, 6) is -0.472. The molecule has 104 valence electrons. The molecular formula is C13H19N3O3. The molecule has 6 nitrogen and oxygen atoms in total. The van der Waals surface area contributed by atoms with Crippen LogP contribution in [0.3, 0.4) is 0 Å². The molecule has 6 heteroatoms. The summed E-state index contributed by atoms with van der Waals surface area (Å²) in [7, 11) is 1.53. The van der Waals surface area contributed by atoms with Crippen molar-refractivity contribution in [3.8, 4) is 0 Å². The maximum Gasteiger partial charge on any atom is 0.354 e. The molecule has 2 rings (SSSR count). The number of nitrogens with zero attached hydrogens (tertiary/aromatic N) is 3. The lowest BCUT2D eigenvalue weighted by Crippen LogP contribution is -2.43. The van der Waals surface area contributed by atoms with Crippen molar-refractivity contribution in [1.82, 2.24) is 14.7 Å². The molecule has 2 atom stereocenters. The fraction of sp³-hybridized carbons (Fsp3) is 0.615. The quantitative estimate of drug-likeness (QED) is 0.872. The number of aromatic nitrogens is 2. The summed E-state index contributed by atoms with van der Waals surface area (Å²) in [5, 5.41) is 13.0. The first-order chi connectivity index (χ1) is 8.90. The van der Waals surface area contributed by atoms with Crippen LogP contribution in [0.5, 0.6) is 0 Å². The second kappa shape index (κ2) is 5.03. The topological polar surface area (TPSA) is 75.4 Å². The SMILES string of the molecule is CC1CC(C)CN(C(=O)c2cnn(C)c2C(=O)O)C1. The van der Waals surface area contributed by atoms with Crippen molar-refractivity contribution in [2.75, 3.05) is 13.1 Å². The van der Waals surface area contributed by atoms with E-state index in [4.69, 9.17) is 5.11 Å². The fourth-order valence-corrected chi connectivity index (χ4v) is 2.85. The molecule has 0 bridgehead atoms. The van der Waals surface area contributed by atoms with Gasteiger partial charge in [-0.25, -0.2) is 4.79 Å². The first-order valence-corrected chi connectivity index (χ1v) is 6.44. The fourth-order valence-electron chi connectivity index (χ4n) is 2.85. The Morgan fingerprint density at radius 2 is 1.89 bits per heavy atom. The lowest BCUT2D eigenvalue weighted by Gasteiger charge is -2.34. The van der Waals surface area contributed by atoms with Crippen LogP contribution in [0.2, 0.25) is 0 Å². The summed E-state index contributed by atoms with van der Waals surface area (Å²) >= 11 is 0. The minimum Gasteiger partial charge on any atom is -0.477 e. The molecule has 1 aromatic heterocycles. The van der Waals surface area contributed by atoms with Gasteiger partial charge in [0.2, 0.25) is 0 Å². The van der Waals surface area contributed by atoms with Gasteiger partial charge in [-0.05, 0) is 18.3 Å². The highest BCUT2D eigenvalue weighted by Crippen LogP contribution is 2.23. The third kappa shape index (κ3) is 2.62. The zero-order chi connectivity index (χ0) is 14.2. The Balaban J connectivity index is 2.27. The van der Waals surface area contributed by atoms with Gasteiger partial charge >= 0.3 is 5.97 Å². The summed E-state index contributed by atoms with van der Waals surface area (Å²) in [5.41, 5.74) is 0.132. The Labute approximate surface area is 112 Å². The van der Waals surface area contributed by atoms with E-state index in [0.29, 0.717) is 24.9 Å². The Morgan fingerprint density at radius 1 is 1.32 bits per heavy atom. The lowest BCUT2D eigenvalue weighted by molar-refractivity contribution is 0.0602. The largest absolute Gasteiger partial charge is 0.477 e. The molecule has 1 aliphatic rings. The number of carboxylic acid groups (broad SMARTS) is 1. The summed E-state index contributed by atoms with van der Waals surface area (Å²) in [6, 6.07) is 0. The number of piperidine rings is 1. The molecule has 1 aliphatic heterocycles. The second-order valence-corrected chi connectivity index (χ2v) is 5.49. The Morgan fingerprint density at radius 3 is 2.42 bits per heavy atom. The first kappa shape index (κ1) is 13.6. The Bertz CT molecular complexity index is 499. The molecule has 1 amide bonds. The number of likely N-dealkylation sites (tertiary alicyclic amines) is 1. The van der Waals surface area contributed by atoms with Crippen LogP contribution in [0, 0.1) is 11.8 Å². The third-order valence-electron chi connectivity index (χ3n) is 3.53. The van der Waals surface area contributed by atoms with Gasteiger partial charge in [0.15, 0.2) is 5.69 Å². The van der Waals surface area contributed by atoms with E-state index in [1.54, 1.807) is 4.90 Å². The molecule has 0 radical (unpaired) electrons. The zero-order valence-electron chi connectivity index (χ0n) is 11.5. The maximum absolute atomic E-state index is 12.4. The molecule has 2 heterocycles. The molecule has 19 heavy (non-hydrogen) atoms. The summed E-state index contributed by atoms with van der Waals surface area (Å²) in [6.45, 7) is 5.57. The molecule has 0 saturated carbocycles. The van der Waals surface area contributed by atoms with Crippen molar-refractivity contribution < 1.29 is 14.7 Å². The molecule has 0 aromatic carbocycles. The smallest absolute Gasteiger partial charge is 0.354 e. The van der Waals surface area contributed by atoms with Crippen LogP contribution in [0.4, 0.5) is 0 Å². The second-order valence-electron chi connectivity index (χ2n) is 5.49. The van der Waals surface area contributed by atoms with Crippen molar-refractivity contribution >= 4 is 11.9 Å². The van der Waals surface area contributed by atoms with Gasteiger partial charge < -0.3 is 10.0 Å². The molecule has 1 fully saturated rings. The van der Waals surface area contributed by atoms with Crippen molar-refractivity contribution in [1.29, 1.82) is 0 Å². The Hall–Kier alpha value is -1.85. The van der Waals surface area contributed by atoms with Gasteiger partial charge in [0.25, 0.3) is 5.91 Å². The van der Waals surface area contributed by atoms with Gasteiger partial charge in [-0.1, -0.05) is 13.8 Å². The van der Waals surface area contributed by atoms with Crippen LogP contribution in [-0.2, 0) is 7.05 Å². The number of carbonyl (C=O) groups excluding carboxylic acids is 1. The Kier molecular flexibility index (Phi) is 3.59. The van der Waals surface area contributed by atoms with E-state index in [1.165, 1.54) is 17.9 Å². The van der Waals surface area contributed by atoms with E-state index >= 15 is 0 Å². The molecule has 0 aliphatic carbocycles. The van der Waals surface area contributed by atoms with Gasteiger partial charge in [-0.15, -0.1) is 0 Å². The summed E-state index contributed by atoms with van der Waals surface area (Å²) in [4.78, 5) is 25.4. The normalized spacial score (nSPS) is 23.4. The number of carbonyl (C=O) groups is 2. The van der Waals surface area contributed by atoms with Crippen molar-refractivity contribution in [2.24, 2.45) is 18.9 Å². The summed E-state index contributed by atoms with van der Waals surface area (Å²) < 4.78 is 1.23. The molecule has 1 aromatic rings. The van der Waals surface area contributed by atoms with Gasteiger partial charge in [-0.3, -0.25) is 9.48 Å². The van der Waals surface area contributed by atoms with Crippen LogP contribution in [0.25, 0.3) is 0 Å².